The second-order valence-electron chi connectivity index (χ2n) is 7.90. The molecule has 1 aliphatic rings. The van der Waals surface area contributed by atoms with Crippen LogP contribution in [0.25, 0.3) is 11.1 Å². The van der Waals surface area contributed by atoms with E-state index in [9.17, 15) is 18.0 Å². The number of aromatic nitrogens is 3. The van der Waals surface area contributed by atoms with Gasteiger partial charge < -0.3 is 24.6 Å². The minimum atomic E-state index is -5.08. The molecule has 0 bridgehead atoms. The molecule has 3 aromatic rings. The van der Waals surface area contributed by atoms with Crippen LogP contribution in [0.15, 0.2) is 48.9 Å². The first kappa shape index (κ1) is 26.7. The van der Waals surface area contributed by atoms with E-state index in [1.807, 2.05) is 48.1 Å². The molecule has 0 aliphatic carbocycles. The Bertz CT molecular complexity index is 1170. The van der Waals surface area contributed by atoms with Crippen LogP contribution in [0.2, 0.25) is 0 Å². The van der Waals surface area contributed by atoms with E-state index in [1.165, 1.54) is 5.56 Å². The van der Waals surface area contributed by atoms with Gasteiger partial charge in [-0.05, 0) is 30.2 Å². The molecule has 1 fully saturated rings. The average Bonchev–Trinajstić information content (AvgIpc) is 3.26. The van der Waals surface area contributed by atoms with E-state index < -0.39 is 12.1 Å². The summed E-state index contributed by atoms with van der Waals surface area (Å²) in [7, 11) is 1.86. The van der Waals surface area contributed by atoms with Crippen molar-refractivity contribution in [3.05, 3.63) is 60.2 Å². The summed E-state index contributed by atoms with van der Waals surface area (Å²) in [5.41, 5.74) is 4.39. The third kappa shape index (κ3) is 7.04. The van der Waals surface area contributed by atoms with Crippen molar-refractivity contribution in [3.8, 4) is 11.1 Å². The molecule has 0 unspecified atom stereocenters. The Morgan fingerprint density at radius 3 is 2.19 bits per heavy atom. The smallest absolute Gasteiger partial charge is 0.475 e. The zero-order chi connectivity index (χ0) is 26.3. The van der Waals surface area contributed by atoms with E-state index in [2.05, 4.69) is 27.1 Å². The van der Waals surface area contributed by atoms with E-state index in [0.29, 0.717) is 24.9 Å². The number of ether oxygens (including phenoxy) is 1. The number of carbonyl (C=O) groups is 2. The summed E-state index contributed by atoms with van der Waals surface area (Å²) >= 11 is 0. The van der Waals surface area contributed by atoms with Gasteiger partial charge in [0.1, 0.15) is 5.69 Å². The second-order valence-corrected chi connectivity index (χ2v) is 7.90. The second kappa shape index (κ2) is 11.7. The number of anilines is 2. The molecular formula is C24H26F3N5O4. The molecule has 36 heavy (non-hydrogen) atoms. The van der Waals surface area contributed by atoms with Gasteiger partial charge in [-0.1, -0.05) is 19.1 Å². The highest BCUT2D eigenvalue weighted by Gasteiger charge is 2.38. The average molecular weight is 505 g/mol. The lowest BCUT2D eigenvalue weighted by Gasteiger charge is -2.26. The number of alkyl halides is 3. The lowest BCUT2D eigenvalue weighted by molar-refractivity contribution is -0.192. The van der Waals surface area contributed by atoms with Crippen LogP contribution in [0.3, 0.4) is 0 Å². The predicted octanol–water partition coefficient (Wildman–Crippen LogP) is 3.77. The fourth-order valence-electron chi connectivity index (χ4n) is 3.36. The molecule has 3 heterocycles. The molecule has 192 valence electrons. The van der Waals surface area contributed by atoms with E-state index >= 15 is 0 Å². The third-order valence-electron chi connectivity index (χ3n) is 5.37. The molecule has 0 radical (unpaired) electrons. The number of carboxylic acids is 1. The number of hydrogen-bond donors (Lipinski definition) is 2. The molecule has 1 amide bonds. The Hall–Kier alpha value is -3.93. The molecule has 2 aromatic heterocycles. The maximum Gasteiger partial charge on any atom is 0.490 e. The molecule has 0 atom stereocenters. The van der Waals surface area contributed by atoms with Crippen molar-refractivity contribution in [3.63, 3.8) is 0 Å². The third-order valence-corrected chi connectivity index (χ3v) is 5.37. The van der Waals surface area contributed by atoms with Crippen LogP contribution >= 0.6 is 0 Å². The molecule has 0 spiro atoms. The van der Waals surface area contributed by atoms with Crippen LogP contribution in [-0.2, 0) is 23.0 Å². The van der Waals surface area contributed by atoms with Gasteiger partial charge in [-0.2, -0.15) is 13.2 Å². The predicted molar refractivity (Wildman–Crippen MR) is 127 cm³/mol. The first-order valence-corrected chi connectivity index (χ1v) is 11.1. The fraction of sp³-hybridized carbons (Fsp3) is 0.333. The summed E-state index contributed by atoms with van der Waals surface area (Å²) in [4.78, 5) is 32.7. The Morgan fingerprint density at radius 2 is 1.67 bits per heavy atom. The SMILES string of the molecule is CCc1ccc(NC(=O)c2cc(-c3cnc(N4CCOCC4)nc3)cn2C)cc1.O=C(O)C(F)(F)F. The number of aliphatic carboxylic acids is 1. The summed E-state index contributed by atoms with van der Waals surface area (Å²) < 4.78 is 38.9. The minimum Gasteiger partial charge on any atom is -0.475 e. The highest BCUT2D eigenvalue weighted by Crippen LogP contribution is 2.23. The zero-order valence-electron chi connectivity index (χ0n) is 19.7. The van der Waals surface area contributed by atoms with Crippen LogP contribution in [0.4, 0.5) is 24.8 Å². The van der Waals surface area contributed by atoms with Gasteiger partial charge in [0.25, 0.3) is 5.91 Å². The Labute approximate surface area is 205 Å². The van der Waals surface area contributed by atoms with Crippen molar-refractivity contribution in [2.45, 2.75) is 19.5 Å². The van der Waals surface area contributed by atoms with E-state index in [0.717, 1.165) is 36.3 Å². The van der Waals surface area contributed by atoms with Gasteiger partial charge in [0, 0.05) is 55.5 Å². The van der Waals surface area contributed by atoms with Crippen LogP contribution in [0.1, 0.15) is 23.0 Å². The van der Waals surface area contributed by atoms with Crippen LogP contribution in [0, 0.1) is 0 Å². The first-order chi connectivity index (χ1) is 17.1. The largest absolute Gasteiger partial charge is 0.490 e. The summed E-state index contributed by atoms with van der Waals surface area (Å²) in [6, 6.07) is 9.78. The van der Waals surface area contributed by atoms with Gasteiger partial charge in [-0.25, -0.2) is 14.8 Å². The van der Waals surface area contributed by atoms with Gasteiger partial charge in [0.15, 0.2) is 0 Å². The number of amides is 1. The summed E-state index contributed by atoms with van der Waals surface area (Å²) in [6.07, 6.45) is 1.42. The standard InChI is InChI=1S/C22H25N5O2.C2HF3O2/c1-3-16-4-6-19(7-5-16)25-21(28)20-12-17(15-26(20)2)18-13-23-22(24-14-18)27-8-10-29-11-9-27;3-2(4,5)1(6)7/h4-7,12-15H,3,8-11H2,1-2H3,(H,25,28);(H,6,7). The van der Waals surface area contributed by atoms with Crippen LogP contribution in [0.5, 0.6) is 0 Å². The number of aryl methyl sites for hydroxylation is 2. The number of nitrogens with one attached hydrogen (secondary N) is 1. The van der Waals surface area contributed by atoms with Crippen molar-refractivity contribution in [2.24, 2.45) is 7.05 Å². The number of nitrogens with zero attached hydrogens (tertiary/aromatic N) is 4. The maximum atomic E-state index is 12.7. The molecule has 2 N–H and O–H groups in total. The first-order valence-electron chi connectivity index (χ1n) is 11.1. The molecule has 0 saturated carbocycles. The molecule has 1 aromatic carbocycles. The van der Waals surface area contributed by atoms with Gasteiger partial charge >= 0.3 is 12.1 Å². The van der Waals surface area contributed by atoms with Crippen LogP contribution in [-0.4, -0.2) is 64.0 Å². The zero-order valence-corrected chi connectivity index (χ0v) is 19.7. The van der Waals surface area contributed by atoms with Gasteiger partial charge in [0.05, 0.1) is 13.2 Å². The van der Waals surface area contributed by atoms with E-state index in [-0.39, 0.29) is 5.91 Å². The minimum absolute atomic E-state index is 0.145. The molecular weight excluding hydrogens is 479 g/mol. The summed E-state index contributed by atoms with van der Waals surface area (Å²) in [5.74, 6) is -2.19. The van der Waals surface area contributed by atoms with Crippen molar-refractivity contribution in [2.75, 3.05) is 36.5 Å². The van der Waals surface area contributed by atoms with Crippen molar-refractivity contribution >= 4 is 23.5 Å². The quantitative estimate of drug-likeness (QED) is 0.543. The van der Waals surface area contributed by atoms with E-state index in [1.54, 1.807) is 12.4 Å². The molecule has 4 rings (SSSR count). The number of morpholine rings is 1. The molecule has 1 saturated heterocycles. The number of rotatable bonds is 5. The van der Waals surface area contributed by atoms with Crippen molar-refractivity contribution in [1.29, 1.82) is 0 Å². The lowest BCUT2D eigenvalue weighted by atomic mass is 10.1. The highest BCUT2D eigenvalue weighted by molar-refractivity contribution is 6.04. The van der Waals surface area contributed by atoms with Crippen LogP contribution < -0.4 is 10.2 Å². The number of halogens is 3. The topological polar surface area (TPSA) is 110 Å². The lowest BCUT2D eigenvalue weighted by Crippen LogP contribution is -2.37. The Kier molecular flexibility index (Phi) is 8.64. The number of hydrogen-bond acceptors (Lipinski definition) is 6. The monoisotopic (exact) mass is 505 g/mol. The molecule has 1 aliphatic heterocycles. The number of benzene rings is 1. The maximum absolute atomic E-state index is 12.7. The van der Waals surface area contributed by atoms with Gasteiger partial charge in [-0.15, -0.1) is 0 Å². The molecule has 12 heteroatoms. The van der Waals surface area contributed by atoms with Crippen molar-refractivity contribution in [1.82, 2.24) is 14.5 Å². The molecule has 9 nitrogen and oxygen atoms in total. The van der Waals surface area contributed by atoms with Gasteiger partial charge in [-0.3, -0.25) is 4.79 Å². The summed E-state index contributed by atoms with van der Waals surface area (Å²) in [5, 5.41) is 10.1. The van der Waals surface area contributed by atoms with Gasteiger partial charge in [0.2, 0.25) is 5.95 Å². The summed E-state index contributed by atoms with van der Waals surface area (Å²) in [6.45, 7) is 5.10. The Balaban J connectivity index is 0.000000454. The highest BCUT2D eigenvalue weighted by atomic mass is 19.4. The van der Waals surface area contributed by atoms with Crippen molar-refractivity contribution < 1.29 is 32.6 Å². The van der Waals surface area contributed by atoms with E-state index in [4.69, 9.17) is 14.6 Å². The number of carbonyl (C=O) groups excluding carboxylic acids is 1. The number of carboxylic acid groups (broad SMARTS) is 1. The normalized spacial score (nSPS) is 13.5. The Morgan fingerprint density at radius 1 is 1.08 bits per heavy atom. The fourth-order valence-corrected chi connectivity index (χ4v) is 3.36.